The van der Waals surface area contributed by atoms with Gasteiger partial charge in [-0.25, -0.2) is 0 Å². The van der Waals surface area contributed by atoms with Gasteiger partial charge in [0.25, 0.3) is 0 Å². The van der Waals surface area contributed by atoms with E-state index in [2.05, 4.69) is 157 Å². The normalized spacial score (nSPS) is 11.6. The van der Waals surface area contributed by atoms with E-state index in [1.54, 1.807) is 0 Å². The monoisotopic (exact) mass is 593 g/mol. The van der Waals surface area contributed by atoms with Crippen LogP contribution in [0.25, 0.3) is 64.4 Å². The number of benzene rings is 7. The highest BCUT2D eigenvalue weighted by atomic mass is 32.1. The van der Waals surface area contributed by atoms with Crippen LogP contribution in [0.4, 0.5) is 17.1 Å². The van der Waals surface area contributed by atoms with Gasteiger partial charge in [0.15, 0.2) is 0 Å². The molecule has 0 fully saturated rings. The lowest BCUT2D eigenvalue weighted by Crippen LogP contribution is -2.10. The summed E-state index contributed by atoms with van der Waals surface area (Å²) < 4.78 is 8.97. The summed E-state index contributed by atoms with van der Waals surface area (Å²) in [4.78, 5) is 2.37. The summed E-state index contributed by atoms with van der Waals surface area (Å²) in [5.74, 6) is 0. The Labute approximate surface area is 265 Å². The van der Waals surface area contributed by atoms with Crippen molar-refractivity contribution in [1.82, 2.24) is 0 Å². The van der Waals surface area contributed by atoms with E-state index in [9.17, 15) is 0 Å². The molecule has 7 aromatic carbocycles. The molecule has 0 saturated heterocycles. The topological polar surface area (TPSA) is 16.4 Å². The minimum Gasteiger partial charge on any atom is -0.456 e. The van der Waals surface area contributed by atoms with Crippen molar-refractivity contribution >= 4 is 70.5 Å². The number of nitrogens with zero attached hydrogens (tertiary/aromatic N) is 1. The van der Waals surface area contributed by atoms with Crippen molar-refractivity contribution < 1.29 is 4.42 Å². The highest BCUT2D eigenvalue weighted by molar-refractivity contribution is 7.25. The molecule has 0 saturated carbocycles. The molecule has 0 amide bonds. The van der Waals surface area contributed by atoms with Crippen molar-refractivity contribution in [2.24, 2.45) is 0 Å². The van der Waals surface area contributed by atoms with Gasteiger partial charge in [-0.3, -0.25) is 0 Å². The fourth-order valence-electron chi connectivity index (χ4n) is 6.55. The van der Waals surface area contributed by atoms with Crippen molar-refractivity contribution in [3.05, 3.63) is 164 Å². The maximum atomic E-state index is 6.34. The van der Waals surface area contributed by atoms with Gasteiger partial charge in [-0.05, 0) is 76.9 Å². The van der Waals surface area contributed by atoms with Gasteiger partial charge in [-0.2, -0.15) is 0 Å². The Hall–Kier alpha value is -5.64. The van der Waals surface area contributed by atoms with Crippen LogP contribution in [0.5, 0.6) is 0 Å². The van der Waals surface area contributed by atoms with E-state index in [0.717, 1.165) is 39.0 Å². The molecule has 0 radical (unpaired) electrons. The van der Waals surface area contributed by atoms with Crippen LogP contribution in [0, 0.1) is 0 Å². The Morgan fingerprint density at radius 2 is 1.00 bits per heavy atom. The van der Waals surface area contributed by atoms with E-state index in [0.29, 0.717) is 0 Å². The smallest absolute Gasteiger partial charge is 0.137 e. The second kappa shape index (κ2) is 10.5. The highest BCUT2D eigenvalue weighted by Gasteiger charge is 2.20. The summed E-state index contributed by atoms with van der Waals surface area (Å²) in [7, 11) is 0. The molecule has 3 heteroatoms. The van der Waals surface area contributed by atoms with Crippen LogP contribution in [0.3, 0.4) is 0 Å². The Bertz CT molecular complexity index is 2510. The summed E-state index contributed by atoms with van der Waals surface area (Å²) in [6.07, 6.45) is 0. The van der Waals surface area contributed by atoms with Crippen molar-refractivity contribution in [1.29, 1.82) is 0 Å². The predicted octanol–water partition coefficient (Wildman–Crippen LogP) is 12.8. The van der Waals surface area contributed by atoms with E-state index in [1.165, 1.54) is 42.4 Å². The molecule has 0 aliphatic rings. The fourth-order valence-corrected chi connectivity index (χ4v) is 7.70. The largest absolute Gasteiger partial charge is 0.456 e. The third-order valence-electron chi connectivity index (χ3n) is 8.65. The molecule has 0 bridgehead atoms. The van der Waals surface area contributed by atoms with Crippen LogP contribution >= 0.6 is 11.3 Å². The molecule has 0 spiro atoms. The number of hydrogen-bond donors (Lipinski definition) is 0. The molecule has 9 aromatic rings. The Morgan fingerprint density at radius 1 is 0.400 bits per heavy atom. The summed E-state index contributed by atoms with van der Waals surface area (Å²) in [6, 6.07) is 58.5. The SMILES string of the molecule is c1ccc(-c2cccc(N(c3cccc(-c4ccc5c(c4)sc4ccccc45)c3)c3cccc4oc5ccccc5c34)c2)cc1. The van der Waals surface area contributed by atoms with E-state index < -0.39 is 0 Å². The first kappa shape index (κ1) is 25.8. The number of fused-ring (bicyclic) bond motifs is 6. The van der Waals surface area contributed by atoms with Crippen LogP contribution < -0.4 is 4.90 Å². The molecule has 212 valence electrons. The summed E-state index contributed by atoms with van der Waals surface area (Å²) in [6.45, 7) is 0. The molecule has 9 rings (SSSR count). The van der Waals surface area contributed by atoms with Gasteiger partial charge in [0.2, 0.25) is 0 Å². The molecular formula is C42H27NOS. The van der Waals surface area contributed by atoms with Gasteiger partial charge in [0.1, 0.15) is 11.2 Å². The van der Waals surface area contributed by atoms with Crippen molar-refractivity contribution in [3.63, 3.8) is 0 Å². The first-order valence-electron chi connectivity index (χ1n) is 15.2. The maximum absolute atomic E-state index is 6.34. The number of rotatable bonds is 5. The van der Waals surface area contributed by atoms with Crippen LogP contribution in [0.1, 0.15) is 0 Å². The van der Waals surface area contributed by atoms with E-state index in [1.807, 2.05) is 23.5 Å². The van der Waals surface area contributed by atoms with E-state index in [4.69, 9.17) is 4.42 Å². The Kier molecular flexibility index (Phi) is 6.03. The van der Waals surface area contributed by atoms with Gasteiger partial charge in [0, 0.05) is 36.9 Å². The number of hydrogen-bond acceptors (Lipinski definition) is 3. The number of furan rings is 1. The Balaban J connectivity index is 1.25. The second-order valence-corrected chi connectivity index (χ2v) is 12.4. The van der Waals surface area contributed by atoms with Crippen molar-refractivity contribution in [3.8, 4) is 22.3 Å². The quantitative estimate of drug-likeness (QED) is 0.197. The third-order valence-corrected chi connectivity index (χ3v) is 9.78. The lowest BCUT2D eigenvalue weighted by atomic mass is 10.0. The lowest BCUT2D eigenvalue weighted by molar-refractivity contribution is 0.669. The molecule has 0 aliphatic heterocycles. The summed E-state index contributed by atoms with van der Waals surface area (Å²) >= 11 is 1.86. The summed E-state index contributed by atoms with van der Waals surface area (Å²) in [5.41, 5.74) is 9.79. The first-order chi connectivity index (χ1) is 22.3. The zero-order valence-corrected chi connectivity index (χ0v) is 25.2. The van der Waals surface area contributed by atoms with Crippen molar-refractivity contribution in [2.45, 2.75) is 0 Å². The van der Waals surface area contributed by atoms with E-state index in [-0.39, 0.29) is 0 Å². The minimum atomic E-state index is 0.879. The molecule has 45 heavy (non-hydrogen) atoms. The predicted molar refractivity (Wildman–Crippen MR) is 192 cm³/mol. The molecule has 2 heterocycles. The molecule has 0 unspecified atom stereocenters. The maximum Gasteiger partial charge on any atom is 0.137 e. The molecule has 0 N–H and O–H groups in total. The fraction of sp³-hybridized carbons (Fsp3) is 0. The molecular weight excluding hydrogens is 567 g/mol. The third kappa shape index (κ3) is 4.40. The zero-order valence-electron chi connectivity index (χ0n) is 24.4. The second-order valence-electron chi connectivity index (χ2n) is 11.4. The average Bonchev–Trinajstić information content (AvgIpc) is 3.67. The van der Waals surface area contributed by atoms with Gasteiger partial charge in [-0.15, -0.1) is 11.3 Å². The average molecular weight is 594 g/mol. The highest BCUT2D eigenvalue weighted by Crippen LogP contribution is 2.44. The molecule has 0 atom stereocenters. The van der Waals surface area contributed by atoms with Gasteiger partial charge < -0.3 is 9.32 Å². The number of thiophene rings is 1. The standard InChI is InChI=1S/C42H27NOS/c1-2-11-28(12-3-1)29-13-8-15-32(25-29)43(37-19-10-21-39-42(37)36-18-4-6-20-38(36)44-39)33-16-9-14-30(26-33)31-23-24-35-34-17-5-7-22-40(34)45-41(35)27-31/h1-27H. The van der Waals surface area contributed by atoms with Gasteiger partial charge in [-0.1, -0.05) is 109 Å². The van der Waals surface area contributed by atoms with Crippen LogP contribution in [0.15, 0.2) is 168 Å². The summed E-state index contributed by atoms with van der Waals surface area (Å²) in [5, 5.41) is 4.85. The Morgan fingerprint density at radius 3 is 1.82 bits per heavy atom. The zero-order chi connectivity index (χ0) is 29.7. The molecule has 2 aromatic heterocycles. The number of anilines is 3. The molecule has 2 nitrogen and oxygen atoms in total. The number of para-hydroxylation sites is 1. The van der Waals surface area contributed by atoms with Gasteiger partial charge >= 0.3 is 0 Å². The molecule has 0 aliphatic carbocycles. The lowest BCUT2D eigenvalue weighted by Gasteiger charge is -2.27. The van der Waals surface area contributed by atoms with Crippen molar-refractivity contribution in [2.75, 3.05) is 4.90 Å². The van der Waals surface area contributed by atoms with E-state index >= 15 is 0 Å². The van der Waals surface area contributed by atoms with Crippen LogP contribution in [-0.2, 0) is 0 Å². The minimum absolute atomic E-state index is 0.879. The van der Waals surface area contributed by atoms with Crippen LogP contribution in [0.2, 0.25) is 0 Å². The van der Waals surface area contributed by atoms with Gasteiger partial charge in [0.05, 0.1) is 11.1 Å². The first-order valence-corrected chi connectivity index (χ1v) is 16.0. The van der Waals surface area contributed by atoms with Crippen LogP contribution in [-0.4, -0.2) is 0 Å².